The van der Waals surface area contributed by atoms with Gasteiger partial charge in [0.2, 0.25) is 0 Å². The fourth-order valence-electron chi connectivity index (χ4n) is 2.59. The van der Waals surface area contributed by atoms with Crippen molar-refractivity contribution >= 4 is 22.6 Å². The second kappa shape index (κ2) is 7.73. The van der Waals surface area contributed by atoms with Gasteiger partial charge in [0.1, 0.15) is 6.54 Å². The summed E-state index contributed by atoms with van der Waals surface area (Å²) in [5.41, 5.74) is 2.65. The predicted molar refractivity (Wildman–Crippen MR) is 94.5 cm³/mol. The van der Waals surface area contributed by atoms with Gasteiger partial charge in [-0.15, -0.1) is 0 Å². The second-order valence-corrected chi connectivity index (χ2v) is 5.91. The largest absolute Gasteiger partial charge is 0.435 e. The molecule has 0 radical (unpaired) electrons. The monoisotopic (exact) mass is 408 g/mol. The summed E-state index contributed by atoms with van der Waals surface area (Å²) in [5.74, 6) is -1.59. The number of rotatable bonds is 4. The number of hydrogen-bond acceptors (Lipinski definition) is 5. The van der Waals surface area contributed by atoms with E-state index in [-0.39, 0.29) is 23.2 Å². The van der Waals surface area contributed by atoms with Crippen molar-refractivity contribution in [1.82, 2.24) is 30.4 Å². The molecule has 152 valence electrons. The van der Waals surface area contributed by atoms with Crippen molar-refractivity contribution in [3.8, 4) is 0 Å². The van der Waals surface area contributed by atoms with Crippen molar-refractivity contribution in [2.24, 2.45) is 0 Å². The van der Waals surface area contributed by atoms with Gasteiger partial charge in [-0.25, -0.2) is 4.68 Å². The quantitative estimate of drug-likeness (QED) is 0.628. The molecule has 0 bridgehead atoms. The molecule has 2 aromatic heterocycles. The Labute approximate surface area is 161 Å². The minimum Gasteiger partial charge on any atom is -0.271 e. The van der Waals surface area contributed by atoms with Crippen LogP contribution in [0.25, 0.3) is 10.8 Å². The van der Waals surface area contributed by atoms with Gasteiger partial charge in [0.25, 0.3) is 17.4 Å². The number of aryl methyl sites for hydroxylation is 1. The van der Waals surface area contributed by atoms with Crippen LogP contribution in [0.15, 0.2) is 41.3 Å². The van der Waals surface area contributed by atoms with Crippen LogP contribution in [0.2, 0.25) is 0 Å². The molecule has 9 nitrogen and oxygen atoms in total. The van der Waals surface area contributed by atoms with Crippen LogP contribution >= 0.6 is 0 Å². The molecule has 29 heavy (non-hydrogen) atoms. The van der Waals surface area contributed by atoms with Gasteiger partial charge >= 0.3 is 6.18 Å². The Kier molecular flexibility index (Phi) is 5.35. The maximum absolute atomic E-state index is 12.5. The molecule has 3 rings (SSSR count). The highest BCUT2D eigenvalue weighted by molar-refractivity contribution is 6.05. The van der Waals surface area contributed by atoms with Gasteiger partial charge < -0.3 is 0 Å². The first kappa shape index (κ1) is 20.0. The lowest BCUT2D eigenvalue weighted by molar-refractivity contribution is -0.141. The van der Waals surface area contributed by atoms with E-state index in [9.17, 15) is 27.6 Å². The predicted octanol–water partition coefficient (Wildman–Crippen LogP) is 1.09. The van der Waals surface area contributed by atoms with Crippen molar-refractivity contribution in [3.05, 3.63) is 58.3 Å². The third kappa shape index (κ3) is 4.25. The average molecular weight is 408 g/mol. The third-order valence-electron chi connectivity index (χ3n) is 3.93. The zero-order valence-electron chi connectivity index (χ0n) is 15.0. The molecule has 0 atom stereocenters. The Bertz CT molecular complexity index is 1140. The number of carbonyl (C=O) groups is 2. The number of nitrogens with zero attached hydrogens (tertiary/aromatic N) is 4. The summed E-state index contributed by atoms with van der Waals surface area (Å²) in [7, 11) is 0. The molecular weight excluding hydrogens is 393 g/mol. The van der Waals surface area contributed by atoms with Crippen LogP contribution in [-0.2, 0) is 24.1 Å². The highest BCUT2D eigenvalue weighted by atomic mass is 19.4. The van der Waals surface area contributed by atoms with Crippen LogP contribution in [0, 0.1) is 0 Å². The normalized spacial score (nSPS) is 11.4. The van der Waals surface area contributed by atoms with Crippen molar-refractivity contribution in [1.29, 1.82) is 0 Å². The smallest absolute Gasteiger partial charge is 0.271 e. The summed E-state index contributed by atoms with van der Waals surface area (Å²) in [6, 6.07) is 7.10. The van der Waals surface area contributed by atoms with E-state index in [2.05, 4.69) is 21.0 Å². The van der Waals surface area contributed by atoms with Gasteiger partial charge in [-0.2, -0.15) is 23.4 Å². The molecule has 3 aromatic rings. The fraction of sp³-hybridized carbons (Fsp3) is 0.235. The minimum atomic E-state index is -4.62. The van der Waals surface area contributed by atoms with E-state index >= 15 is 0 Å². The number of alkyl halides is 3. The van der Waals surface area contributed by atoms with Gasteiger partial charge in [-0.3, -0.25) is 29.9 Å². The van der Waals surface area contributed by atoms with Gasteiger partial charge in [-0.1, -0.05) is 18.2 Å². The molecule has 0 aliphatic heterocycles. The Morgan fingerprint density at radius 3 is 2.38 bits per heavy atom. The second-order valence-electron chi connectivity index (χ2n) is 5.91. The zero-order valence-corrected chi connectivity index (χ0v) is 15.0. The van der Waals surface area contributed by atoms with E-state index in [1.54, 1.807) is 31.2 Å². The van der Waals surface area contributed by atoms with Crippen LogP contribution in [0.3, 0.4) is 0 Å². The van der Waals surface area contributed by atoms with Crippen LogP contribution in [-0.4, -0.2) is 31.4 Å². The summed E-state index contributed by atoms with van der Waals surface area (Å²) >= 11 is 0. The van der Waals surface area contributed by atoms with Crippen molar-refractivity contribution in [2.75, 3.05) is 0 Å². The first-order chi connectivity index (χ1) is 13.7. The molecule has 0 aliphatic rings. The molecule has 0 saturated heterocycles. The number of nitrogens with one attached hydrogen (secondary N) is 2. The number of carbonyl (C=O) groups excluding carboxylic acids is 2. The van der Waals surface area contributed by atoms with Crippen molar-refractivity contribution < 1.29 is 22.8 Å². The molecule has 0 saturated carbocycles. The van der Waals surface area contributed by atoms with E-state index in [4.69, 9.17) is 0 Å². The van der Waals surface area contributed by atoms with Crippen LogP contribution < -0.4 is 16.4 Å². The minimum absolute atomic E-state index is 0.0826. The number of fused-ring (bicyclic) bond motifs is 1. The highest BCUT2D eigenvalue weighted by Gasteiger charge is 2.33. The molecule has 2 heterocycles. The molecular formula is C17H15F3N6O3. The first-order valence-corrected chi connectivity index (χ1v) is 8.40. The summed E-state index contributed by atoms with van der Waals surface area (Å²) in [4.78, 5) is 36.6. The van der Waals surface area contributed by atoms with Crippen LogP contribution in [0.1, 0.15) is 23.1 Å². The van der Waals surface area contributed by atoms with Crippen molar-refractivity contribution in [2.45, 2.75) is 26.2 Å². The lowest BCUT2D eigenvalue weighted by atomic mass is 10.1. The number of amides is 2. The Morgan fingerprint density at radius 1 is 1.07 bits per heavy atom. The molecule has 2 amide bonds. The average Bonchev–Trinajstić information content (AvgIpc) is 3.15. The molecule has 0 spiro atoms. The molecule has 2 N–H and O–H groups in total. The zero-order chi connectivity index (χ0) is 21.2. The summed E-state index contributed by atoms with van der Waals surface area (Å²) in [5, 5.41) is 7.85. The maximum atomic E-state index is 12.5. The molecule has 0 unspecified atom stereocenters. The Balaban J connectivity index is 1.72. The molecule has 0 fully saturated rings. The molecule has 0 aliphatic carbocycles. The maximum Gasteiger partial charge on any atom is 0.435 e. The topological polar surface area (TPSA) is 111 Å². The fourth-order valence-corrected chi connectivity index (χ4v) is 2.59. The van der Waals surface area contributed by atoms with Gasteiger partial charge in [0, 0.05) is 18.1 Å². The van der Waals surface area contributed by atoms with Crippen LogP contribution in [0.4, 0.5) is 13.2 Å². The summed E-state index contributed by atoms with van der Waals surface area (Å²) in [6.07, 6.45) is -3.62. The number of hydrogen-bond donors (Lipinski definition) is 2. The van der Waals surface area contributed by atoms with Crippen LogP contribution in [0.5, 0.6) is 0 Å². The van der Waals surface area contributed by atoms with E-state index in [1.165, 1.54) is 0 Å². The van der Waals surface area contributed by atoms with Crippen molar-refractivity contribution in [3.63, 3.8) is 0 Å². The molecule has 1 aromatic carbocycles. The first-order valence-electron chi connectivity index (χ1n) is 8.40. The third-order valence-corrected chi connectivity index (χ3v) is 3.93. The SMILES string of the molecule is CCn1nc(C(=O)NNC(=O)Cn2ccc(C(F)(F)F)n2)c2ccccc2c1=O. The Hall–Kier alpha value is -3.70. The number of benzene rings is 1. The lowest BCUT2D eigenvalue weighted by Crippen LogP contribution is -2.44. The summed E-state index contributed by atoms with van der Waals surface area (Å²) < 4.78 is 39.5. The number of halogens is 3. The standard InChI is InChI=1S/C17H15F3N6O3/c1-2-26-16(29)11-6-4-3-5-10(11)14(24-26)15(28)22-21-13(27)9-25-8-7-12(23-25)17(18,19)20/h3-8H,2,9H2,1H3,(H,21,27)(H,22,28). The van der Waals surface area contributed by atoms with E-state index in [1.807, 2.05) is 0 Å². The van der Waals surface area contributed by atoms with E-state index < -0.39 is 30.2 Å². The van der Waals surface area contributed by atoms with E-state index in [0.717, 1.165) is 21.6 Å². The van der Waals surface area contributed by atoms with Gasteiger partial charge in [-0.05, 0) is 19.1 Å². The Morgan fingerprint density at radius 2 is 1.76 bits per heavy atom. The van der Waals surface area contributed by atoms with E-state index in [0.29, 0.717) is 5.39 Å². The lowest BCUT2D eigenvalue weighted by Gasteiger charge is -2.11. The number of hydrazine groups is 1. The van der Waals surface area contributed by atoms with Gasteiger partial charge in [0.15, 0.2) is 11.4 Å². The number of aromatic nitrogens is 4. The van der Waals surface area contributed by atoms with Gasteiger partial charge in [0.05, 0.1) is 5.39 Å². The molecule has 12 heteroatoms. The summed E-state index contributed by atoms with van der Waals surface area (Å²) in [6.45, 7) is 1.38. The highest BCUT2D eigenvalue weighted by Crippen LogP contribution is 2.27.